The van der Waals surface area contributed by atoms with E-state index in [1.165, 1.54) is 12.1 Å². The molecule has 0 saturated carbocycles. The second-order valence-electron chi connectivity index (χ2n) is 3.66. The van der Waals surface area contributed by atoms with Gasteiger partial charge < -0.3 is 9.84 Å². The fourth-order valence-corrected chi connectivity index (χ4v) is 2.86. The Morgan fingerprint density at radius 2 is 2.00 bits per heavy atom. The molecular formula is C11H14BrNO5S. The van der Waals surface area contributed by atoms with Crippen molar-refractivity contribution in [1.82, 2.24) is 4.72 Å². The molecule has 106 valence electrons. The number of hydrogen-bond donors (Lipinski definition) is 2. The Kier molecular flexibility index (Phi) is 5.92. The van der Waals surface area contributed by atoms with Crippen molar-refractivity contribution in [3.63, 3.8) is 0 Å². The maximum Gasteiger partial charge on any atom is 0.326 e. The van der Waals surface area contributed by atoms with Crippen LogP contribution in [0.15, 0.2) is 29.2 Å². The van der Waals surface area contributed by atoms with Crippen molar-refractivity contribution in [2.45, 2.75) is 16.3 Å². The summed E-state index contributed by atoms with van der Waals surface area (Å²) in [6.07, 6.45) is 0. The van der Waals surface area contributed by atoms with Gasteiger partial charge in [0.15, 0.2) is 0 Å². The minimum absolute atomic E-state index is 0.0135. The van der Waals surface area contributed by atoms with E-state index in [1.807, 2.05) is 0 Å². The fraction of sp³-hybridized carbons (Fsp3) is 0.364. The van der Waals surface area contributed by atoms with Crippen LogP contribution in [0.25, 0.3) is 0 Å². The molecule has 0 amide bonds. The standard InChI is InChI=1S/C11H14BrNO5S/c1-18-11(15)10(7-14)13-19(16,17)9-4-2-8(6-12)3-5-9/h2-5,10,13-14H,6-7H2,1H3. The third-order valence-corrected chi connectivity index (χ3v) is 4.49. The molecule has 1 atom stereocenters. The van der Waals surface area contributed by atoms with Crippen LogP contribution in [0.3, 0.4) is 0 Å². The van der Waals surface area contributed by atoms with Crippen LogP contribution in [0.4, 0.5) is 0 Å². The predicted molar refractivity (Wildman–Crippen MR) is 72.3 cm³/mol. The van der Waals surface area contributed by atoms with Crippen molar-refractivity contribution in [2.24, 2.45) is 0 Å². The lowest BCUT2D eigenvalue weighted by Crippen LogP contribution is -2.43. The first kappa shape index (κ1) is 16.1. The Morgan fingerprint density at radius 1 is 1.42 bits per heavy atom. The normalized spacial score (nSPS) is 13.0. The molecule has 1 aromatic rings. The van der Waals surface area contributed by atoms with Gasteiger partial charge in [0, 0.05) is 5.33 Å². The largest absolute Gasteiger partial charge is 0.468 e. The SMILES string of the molecule is COC(=O)C(CO)NS(=O)(=O)c1ccc(CBr)cc1. The van der Waals surface area contributed by atoms with Crippen molar-refractivity contribution >= 4 is 31.9 Å². The first-order valence-electron chi connectivity index (χ1n) is 5.30. The van der Waals surface area contributed by atoms with Gasteiger partial charge >= 0.3 is 5.97 Å². The van der Waals surface area contributed by atoms with E-state index in [4.69, 9.17) is 5.11 Å². The molecule has 0 aliphatic heterocycles. The molecule has 19 heavy (non-hydrogen) atoms. The highest BCUT2D eigenvalue weighted by Gasteiger charge is 2.25. The van der Waals surface area contributed by atoms with Crippen LogP contribution in [-0.2, 0) is 24.9 Å². The number of benzene rings is 1. The van der Waals surface area contributed by atoms with Crippen LogP contribution in [0, 0.1) is 0 Å². The van der Waals surface area contributed by atoms with Gasteiger partial charge in [-0.15, -0.1) is 0 Å². The number of rotatable bonds is 6. The molecule has 6 nitrogen and oxygen atoms in total. The van der Waals surface area contributed by atoms with Gasteiger partial charge in [-0.05, 0) is 17.7 Å². The lowest BCUT2D eigenvalue weighted by atomic mass is 10.2. The van der Waals surface area contributed by atoms with Gasteiger partial charge in [-0.25, -0.2) is 8.42 Å². The Hall–Kier alpha value is -0.960. The lowest BCUT2D eigenvalue weighted by Gasteiger charge is -2.14. The number of carbonyl (C=O) groups excluding carboxylic acids is 1. The summed E-state index contributed by atoms with van der Waals surface area (Å²) in [5, 5.41) is 9.60. The molecule has 1 unspecified atom stereocenters. The van der Waals surface area contributed by atoms with Crippen molar-refractivity contribution < 1.29 is 23.1 Å². The van der Waals surface area contributed by atoms with Gasteiger partial charge in [-0.1, -0.05) is 28.1 Å². The van der Waals surface area contributed by atoms with Gasteiger partial charge in [-0.3, -0.25) is 4.79 Å². The van der Waals surface area contributed by atoms with E-state index in [1.54, 1.807) is 12.1 Å². The molecule has 1 aromatic carbocycles. The Bertz CT molecular complexity index is 529. The van der Waals surface area contributed by atoms with Crippen molar-refractivity contribution in [2.75, 3.05) is 13.7 Å². The molecule has 1 rings (SSSR count). The summed E-state index contributed by atoms with van der Waals surface area (Å²) in [4.78, 5) is 11.3. The number of aliphatic hydroxyl groups excluding tert-OH is 1. The topological polar surface area (TPSA) is 92.7 Å². The summed E-state index contributed by atoms with van der Waals surface area (Å²) in [5.41, 5.74) is 0.922. The first-order chi connectivity index (χ1) is 8.94. The zero-order valence-corrected chi connectivity index (χ0v) is 12.6. The van der Waals surface area contributed by atoms with Gasteiger partial charge in [0.2, 0.25) is 10.0 Å². The van der Waals surface area contributed by atoms with E-state index in [2.05, 4.69) is 25.4 Å². The second-order valence-corrected chi connectivity index (χ2v) is 5.93. The zero-order chi connectivity index (χ0) is 14.5. The van der Waals surface area contributed by atoms with E-state index in [-0.39, 0.29) is 4.90 Å². The molecule has 0 fully saturated rings. The monoisotopic (exact) mass is 351 g/mol. The van der Waals surface area contributed by atoms with E-state index < -0.39 is 28.6 Å². The van der Waals surface area contributed by atoms with Gasteiger partial charge in [0.1, 0.15) is 6.04 Å². The minimum atomic E-state index is -3.88. The summed E-state index contributed by atoms with van der Waals surface area (Å²) in [5.74, 6) is -0.844. The maximum atomic E-state index is 12.0. The molecule has 0 spiro atoms. The molecule has 0 heterocycles. The predicted octanol–water partition coefficient (Wildman–Crippen LogP) is 0.394. The first-order valence-corrected chi connectivity index (χ1v) is 7.91. The highest BCUT2D eigenvalue weighted by molar-refractivity contribution is 9.08. The average molecular weight is 352 g/mol. The number of halogens is 1. The molecule has 0 aliphatic rings. The van der Waals surface area contributed by atoms with Crippen LogP contribution < -0.4 is 4.72 Å². The molecule has 0 saturated heterocycles. The number of carbonyl (C=O) groups is 1. The molecule has 0 aromatic heterocycles. The Morgan fingerprint density at radius 3 is 2.42 bits per heavy atom. The summed E-state index contributed by atoms with van der Waals surface area (Å²) < 4.78 is 30.4. The Balaban J connectivity index is 2.93. The number of nitrogens with one attached hydrogen (secondary N) is 1. The van der Waals surface area contributed by atoms with Crippen LogP contribution >= 0.6 is 15.9 Å². The van der Waals surface area contributed by atoms with Crippen LogP contribution in [0.5, 0.6) is 0 Å². The number of aliphatic hydroxyl groups is 1. The van der Waals surface area contributed by atoms with Crippen molar-refractivity contribution in [3.8, 4) is 0 Å². The third kappa shape index (κ3) is 4.27. The van der Waals surface area contributed by atoms with Crippen molar-refractivity contribution in [1.29, 1.82) is 0 Å². The van der Waals surface area contributed by atoms with Crippen molar-refractivity contribution in [3.05, 3.63) is 29.8 Å². The van der Waals surface area contributed by atoms with E-state index >= 15 is 0 Å². The lowest BCUT2D eigenvalue weighted by molar-refractivity contribution is -0.143. The quantitative estimate of drug-likeness (QED) is 0.571. The van der Waals surface area contributed by atoms with E-state index in [0.717, 1.165) is 12.7 Å². The molecule has 0 radical (unpaired) electrons. The van der Waals surface area contributed by atoms with Gasteiger partial charge in [0.25, 0.3) is 0 Å². The summed E-state index contributed by atoms with van der Waals surface area (Å²) >= 11 is 3.25. The second kappa shape index (κ2) is 6.99. The van der Waals surface area contributed by atoms with E-state index in [0.29, 0.717) is 5.33 Å². The van der Waals surface area contributed by atoms with E-state index in [9.17, 15) is 13.2 Å². The smallest absolute Gasteiger partial charge is 0.326 e. The van der Waals surface area contributed by atoms with Crippen LogP contribution in [0.1, 0.15) is 5.56 Å². The zero-order valence-electron chi connectivity index (χ0n) is 10.2. The van der Waals surface area contributed by atoms with Gasteiger partial charge in [0.05, 0.1) is 18.6 Å². The molecule has 0 bridgehead atoms. The minimum Gasteiger partial charge on any atom is -0.468 e. The number of hydrogen-bond acceptors (Lipinski definition) is 5. The molecule has 8 heteroatoms. The number of sulfonamides is 1. The van der Waals surface area contributed by atoms with Gasteiger partial charge in [-0.2, -0.15) is 4.72 Å². The van der Waals surface area contributed by atoms with Crippen LogP contribution in [-0.4, -0.2) is 39.3 Å². The number of esters is 1. The number of ether oxygens (including phenoxy) is 1. The Labute approximate surface area is 120 Å². The molecular weight excluding hydrogens is 338 g/mol. The third-order valence-electron chi connectivity index (χ3n) is 2.35. The summed E-state index contributed by atoms with van der Waals surface area (Å²) in [6.45, 7) is -0.675. The number of methoxy groups -OCH3 is 1. The summed E-state index contributed by atoms with van der Waals surface area (Å²) in [6, 6.07) is 4.82. The average Bonchev–Trinajstić information content (AvgIpc) is 2.44. The maximum absolute atomic E-state index is 12.0. The summed E-state index contributed by atoms with van der Waals surface area (Å²) in [7, 11) is -2.76. The fourth-order valence-electron chi connectivity index (χ4n) is 1.32. The number of alkyl halides is 1. The highest BCUT2D eigenvalue weighted by atomic mass is 79.9. The molecule has 2 N–H and O–H groups in total. The van der Waals surface area contributed by atoms with Crippen LogP contribution in [0.2, 0.25) is 0 Å². The molecule has 0 aliphatic carbocycles. The highest BCUT2D eigenvalue weighted by Crippen LogP contribution is 2.13.